The van der Waals surface area contributed by atoms with Crippen LogP contribution in [0.5, 0.6) is 0 Å². The van der Waals surface area contributed by atoms with Gasteiger partial charge in [0.25, 0.3) is 0 Å². The summed E-state index contributed by atoms with van der Waals surface area (Å²) in [6.45, 7) is 3.97. The minimum Gasteiger partial charge on any atom is -0.326 e. The van der Waals surface area contributed by atoms with Gasteiger partial charge in [0.15, 0.2) is 0 Å². The minimum atomic E-state index is -3.69. The fourth-order valence-electron chi connectivity index (χ4n) is 1.70. The van der Waals surface area contributed by atoms with Crippen molar-refractivity contribution < 1.29 is 8.42 Å². The van der Waals surface area contributed by atoms with Crippen molar-refractivity contribution in [3.8, 4) is 0 Å². The molecule has 0 unspecified atom stereocenters. The molecule has 0 aliphatic heterocycles. The molecular weight excluding hydrogens is 307 g/mol. The molecule has 108 valence electrons. The number of hydrogen-bond acceptors (Lipinski definition) is 3. The Kier molecular flexibility index (Phi) is 6.08. The molecule has 7 heteroatoms. The summed E-state index contributed by atoms with van der Waals surface area (Å²) in [7, 11) is -3.69. The van der Waals surface area contributed by atoms with Crippen molar-refractivity contribution in [2.45, 2.75) is 44.2 Å². The maximum atomic E-state index is 12.3. The molecule has 3 N–H and O–H groups in total. The van der Waals surface area contributed by atoms with Crippen molar-refractivity contribution in [1.82, 2.24) is 4.72 Å². The van der Waals surface area contributed by atoms with Gasteiger partial charge in [-0.15, -0.1) is 0 Å². The SMILES string of the molecule is CCC(CC)NS(=O)(=O)c1cc(Cl)cc(CN)c1Cl. The Morgan fingerprint density at radius 2 is 1.84 bits per heavy atom. The lowest BCUT2D eigenvalue weighted by atomic mass is 10.2. The molecule has 0 aliphatic rings. The number of sulfonamides is 1. The lowest BCUT2D eigenvalue weighted by molar-refractivity contribution is 0.530. The third-order valence-electron chi connectivity index (χ3n) is 2.90. The molecule has 0 bridgehead atoms. The highest BCUT2D eigenvalue weighted by atomic mass is 35.5. The van der Waals surface area contributed by atoms with Crippen LogP contribution >= 0.6 is 23.2 Å². The van der Waals surface area contributed by atoms with Gasteiger partial charge in [0, 0.05) is 17.6 Å². The van der Waals surface area contributed by atoms with Crippen LogP contribution in [-0.4, -0.2) is 14.5 Å². The van der Waals surface area contributed by atoms with E-state index < -0.39 is 10.0 Å². The first-order chi connectivity index (χ1) is 8.85. The van der Waals surface area contributed by atoms with Gasteiger partial charge in [0.05, 0.1) is 5.02 Å². The van der Waals surface area contributed by atoms with Crippen LogP contribution in [0.2, 0.25) is 10.0 Å². The van der Waals surface area contributed by atoms with Gasteiger partial charge in [0.1, 0.15) is 4.90 Å². The summed E-state index contributed by atoms with van der Waals surface area (Å²) in [6.07, 6.45) is 1.41. The number of hydrogen-bond donors (Lipinski definition) is 2. The van der Waals surface area contributed by atoms with E-state index in [1.165, 1.54) is 6.07 Å². The zero-order valence-corrected chi connectivity index (χ0v) is 13.2. The number of benzene rings is 1. The second-order valence-electron chi connectivity index (χ2n) is 4.22. The highest BCUT2D eigenvalue weighted by Gasteiger charge is 2.23. The van der Waals surface area contributed by atoms with Crippen molar-refractivity contribution in [1.29, 1.82) is 0 Å². The van der Waals surface area contributed by atoms with E-state index in [0.29, 0.717) is 23.4 Å². The second kappa shape index (κ2) is 6.90. The summed E-state index contributed by atoms with van der Waals surface area (Å²) in [5, 5.41) is 0.431. The highest BCUT2D eigenvalue weighted by Crippen LogP contribution is 2.29. The first kappa shape index (κ1) is 16.7. The van der Waals surface area contributed by atoms with Gasteiger partial charge in [-0.3, -0.25) is 0 Å². The molecule has 1 rings (SSSR count). The first-order valence-corrected chi connectivity index (χ1v) is 8.29. The lowest BCUT2D eigenvalue weighted by Gasteiger charge is -2.17. The Balaban J connectivity index is 3.25. The summed E-state index contributed by atoms with van der Waals surface area (Å²) in [4.78, 5) is -0.0194. The van der Waals surface area contributed by atoms with Crippen LogP contribution in [0.3, 0.4) is 0 Å². The van der Waals surface area contributed by atoms with Crippen LogP contribution in [0.15, 0.2) is 17.0 Å². The van der Waals surface area contributed by atoms with Crippen molar-refractivity contribution in [2.75, 3.05) is 0 Å². The molecule has 0 atom stereocenters. The molecule has 0 amide bonds. The molecular formula is C12H18Cl2N2O2S. The fraction of sp³-hybridized carbons (Fsp3) is 0.500. The maximum absolute atomic E-state index is 12.3. The standard InChI is InChI=1S/C12H18Cl2N2O2S/c1-3-10(4-2)16-19(17,18)11-6-9(13)5-8(7-15)12(11)14/h5-6,10,16H,3-4,7,15H2,1-2H3. The summed E-state index contributed by atoms with van der Waals surface area (Å²) in [6, 6.07) is 2.79. The van der Waals surface area contributed by atoms with Crippen LogP contribution < -0.4 is 10.5 Å². The van der Waals surface area contributed by atoms with E-state index in [9.17, 15) is 8.42 Å². The zero-order chi connectivity index (χ0) is 14.6. The summed E-state index contributed by atoms with van der Waals surface area (Å²) in [5.41, 5.74) is 6.04. The molecule has 0 saturated heterocycles. The number of nitrogens with two attached hydrogens (primary N) is 1. The third-order valence-corrected chi connectivity index (χ3v) is 5.22. The van der Waals surface area contributed by atoms with Crippen molar-refractivity contribution in [2.24, 2.45) is 5.73 Å². The number of rotatable bonds is 6. The van der Waals surface area contributed by atoms with E-state index in [1.54, 1.807) is 6.07 Å². The highest BCUT2D eigenvalue weighted by molar-refractivity contribution is 7.89. The summed E-state index contributed by atoms with van der Waals surface area (Å²) >= 11 is 12.0. The second-order valence-corrected chi connectivity index (χ2v) is 6.71. The van der Waals surface area contributed by atoms with Crippen molar-refractivity contribution >= 4 is 33.2 Å². The quantitative estimate of drug-likeness (QED) is 0.845. The molecule has 0 radical (unpaired) electrons. The molecule has 1 aromatic rings. The molecule has 19 heavy (non-hydrogen) atoms. The Labute approximate surface area is 124 Å². The van der Waals surface area contributed by atoms with Gasteiger partial charge in [-0.2, -0.15) is 0 Å². The molecule has 4 nitrogen and oxygen atoms in total. The summed E-state index contributed by atoms with van der Waals surface area (Å²) in [5.74, 6) is 0. The molecule has 0 aliphatic carbocycles. The number of halogens is 2. The van der Waals surface area contributed by atoms with E-state index in [4.69, 9.17) is 28.9 Å². The van der Waals surface area contributed by atoms with E-state index in [0.717, 1.165) is 0 Å². The summed E-state index contributed by atoms with van der Waals surface area (Å²) < 4.78 is 27.2. The average molecular weight is 325 g/mol. The van der Waals surface area contributed by atoms with E-state index >= 15 is 0 Å². The molecule has 0 spiro atoms. The van der Waals surface area contributed by atoms with Gasteiger partial charge in [-0.05, 0) is 30.5 Å². The van der Waals surface area contributed by atoms with Crippen LogP contribution in [0.4, 0.5) is 0 Å². The molecule has 0 aromatic heterocycles. The van der Waals surface area contributed by atoms with E-state index in [2.05, 4.69) is 4.72 Å². The predicted molar refractivity (Wildman–Crippen MR) is 79.0 cm³/mol. The molecule has 0 saturated carbocycles. The van der Waals surface area contributed by atoms with Crippen LogP contribution in [0.25, 0.3) is 0 Å². The van der Waals surface area contributed by atoms with Gasteiger partial charge >= 0.3 is 0 Å². The third kappa shape index (κ3) is 4.07. The fourth-order valence-corrected chi connectivity index (χ4v) is 4.05. The van der Waals surface area contributed by atoms with Crippen molar-refractivity contribution in [3.63, 3.8) is 0 Å². The monoisotopic (exact) mass is 324 g/mol. The Bertz CT molecular complexity index is 543. The van der Waals surface area contributed by atoms with Gasteiger partial charge in [-0.1, -0.05) is 37.0 Å². The molecule has 0 fully saturated rings. The largest absolute Gasteiger partial charge is 0.326 e. The van der Waals surface area contributed by atoms with Crippen molar-refractivity contribution in [3.05, 3.63) is 27.7 Å². The predicted octanol–water partition coefficient (Wildman–Crippen LogP) is 2.92. The normalized spacial score (nSPS) is 12.1. The topological polar surface area (TPSA) is 72.2 Å². The van der Waals surface area contributed by atoms with E-state index in [-0.39, 0.29) is 22.5 Å². The smallest absolute Gasteiger partial charge is 0.242 e. The van der Waals surface area contributed by atoms with Gasteiger partial charge in [0.2, 0.25) is 10.0 Å². The molecule has 0 heterocycles. The first-order valence-electron chi connectivity index (χ1n) is 6.06. The van der Waals surface area contributed by atoms with Gasteiger partial charge in [-0.25, -0.2) is 13.1 Å². The van der Waals surface area contributed by atoms with Crippen LogP contribution in [-0.2, 0) is 16.6 Å². The minimum absolute atomic E-state index is 0.0194. The Morgan fingerprint density at radius 1 is 1.26 bits per heavy atom. The maximum Gasteiger partial charge on any atom is 0.242 e. The van der Waals surface area contributed by atoms with Crippen LogP contribution in [0.1, 0.15) is 32.3 Å². The molecule has 1 aromatic carbocycles. The Hall–Kier alpha value is -0.330. The van der Waals surface area contributed by atoms with Gasteiger partial charge < -0.3 is 5.73 Å². The van der Waals surface area contributed by atoms with E-state index in [1.807, 2.05) is 13.8 Å². The Morgan fingerprint density at radius 3 is 2.32 bits per heavy atom. The lowest BCUT2D eigenvalue weighted by Crippen LogP contribution is -2.34. The van der Waals surface area contributed by atoms with Crippen LogP contribution in [0, 0.1) is 0 Å². The number of nitrogens with one attached hydrogen (secondary N) is 1. The zero-order valence-electron chi connectivity index (χ0n) is 10.9. The average Bonchev–Trinajstić information content (AvgIpc) is 2.38.